The molecule has 1 saturated heterocycles. The lowest BCUT2D eigenvalue weighted by Gasteiger charge is -2.38. The minimum absolute atomic E-state index is 0.0876. The summed E-state index contributed by atoms with van der Waals surface area (Å²) in [6.45, 7) is -0.236. The molecule has 2 aromatic carbocycles. The summed E-state index contributed by atoms with van der Waals surface area (Å²) >= 11 is 18.4. The van der Waals surface area contributed by atoms with Gasteiger partial charge in [-0.1, -0.05) is 40.9 Å². The lowest BCUT2D eigenvalue weighted by molar-refractivity contribution is -0.528. The zero-order chi connectivity index (χ0) is 23.7. The summed E-state index contributed by atoms with van der Waals surface area (Å²) in [7, 11) is 0. The van der Waals surface area contributed by atoms with Crippen molar-refractivity contribution in [1.82, 2.24) is 4.90 Å². The molecule has 2 fully saturated rings. The number of fused-ring (bicyclic) bond motifs is 2. The number of nitrogens with one attached hydrogen (secondary N) is 1. The van der Waals surface area contributed by atoms with Crippen LogP contribution in [0.3, 0.4) is 0 Å². The van der Waals surface area contributed by atoms with Gasteiger partial charge < -0.3 is 10.4 Å². The van der Waals surface area contributed by atoms with Crippen molar-refractivity contribution in [3.63, 3.8) is 0 Å². The third-order valence-electron chi connectivity index (χ3n) is 6.96. The summed E-state index contributed by atoms with van der Waals surface area (Å²) in [5.74, 6) is -2.50. The average molecular weight is 515 g/mol. The molecule has 1 aliphatic carbocycles. The number of aliphatic hydroxyl groups excluding tert-OH is 1. The molecule has 2 aliphatic heterocycles. The number of aliphatic hydroxyl groups is 1. The molecule has 7 nitrogen and oxygen atoms in total. The molecule has 11 heteroatoms. The van der Waals surface area contributed by atoms with E-state index in [4.69, 9.17) is 34.8 Å². The highest BCUT2D eigenvalue weighted by molar-refractivity contribution is 6.34. The van der Waals surface area contributed by atoms with Gasteiger partial charge in [0, 0.05) is 38.3 Å². The Bertz CT molecular complexity index is 1180. The summed E-state index contributed by atoms with van der Waals surface area (Å²) in [4.78, 5) is 27.3. The maximum atomic E-state index is 15.5. The predicted octanol–water partition coefficient (Wildman–Crippen LogP) is 4.45. The molecule has 1 spiro atoms. The van der Waals surface area contributed by atoms with E-state index in [0.717, 1.165) is 12.8 Å². The second-order valence-corrected chi connectivity index (χ2v) is 10.1. The van der Waals surface area contributed by atoms with Crippen LogP contribution in [-0.4, -0.2) is 46.1 Å². The van der Waals surface area contributed by atoms with Crippen LogP contribution in [0.15, 0.2) is 30.3 Å². The molecule has 1 saturated carbocycles. The molecule has 174 valence electrons. The van der Waals surface area contributed by atoms with Crippen molar-refractivity contribution in [2.45, 2.75) is 36.4 Å². The van der Waals surface area contributed by atoms with Gasteiger partial charge in [0.2, 0.25) is 6.04 Å². The van der Waals surface area contributed by atoms with Gasteiger partial charge in [-0.2, -0.15) is 0 Å². The molecule has 0 radical (unpaired) electrons. The van der Waals surface area contributed by atoms with Crippen molar-refractivity contribution in [2.75, 3.05) is 18.5 Å². The number of hydrogen-bond acceptors (Lipinski definition) is 5. The number of carbonyl (C=O) groups is 1. The first-order chi connectivity index (χ1) is 15.7. The van der Waals surface area contributed by atoms with Crippen molar-refractivity contribution in [3.05, 3.63) is 72.5 Å². The molecule has 2 heterocycles. The predicted molar refractivity (Wildman–Crippen MR) is 122 cm³/mol. The minimum Gasteiger partial charge on any atom is -0.394 e. The van der Waals surface area contributed by atoms with Crippen molar-refractivity contribution in [1.29, 1.82) is 0 Å². The number of likely N-dealkylation sites (tertiary alicyclic amines) is 1. The molecule has 3 aliphatic rings. The molecule has 2 aromatic rings. The Hall–Kier alpha value is -1.97. The van der Waals surface area contributed by atoms with Crippen molar-refractivity contribution < 1.29 is 19.2 Å². The zero-order valence-electron chi connectivity index (χ0n) is 17.1. The third-order valence-corrected chi connectivity index (χ3v) is 7.69. The Morgan fingerprint density at radius 2 is 1.94 bits per heavy atom. The Balaban J connectivity index is 1.85. The van der Waals surface area contributed by atoms with E-state index in [1.807, 2.05) is 0 Å². The number of nitro groups is 1. The lowest BCUT2D eigenvalue weighted by Crippen LogP contribution is -2.53. The lowest BCUT2D eigenvalue weighted by atomic mass is 9.73. The molecule has 4 atom stereocenters. The van der Waals surface area contributed by atoms with E-state index in [0.29, 0.717) is 22.8 Å². The number of carbonyl (C=O) groups excluding carboxylic acids is 1. The Morgan fingerprint density at radius 3 is 2.58 bits per heavy atom. The fraction of sp³-hybridized carbons (Fsp3) is 0.409. The summed E-state index contributed by atoms with van der Waals surface area (Å²) in [5.41, 5.74) is -0.945. The fourth-order valence-corrected chi connectivity index (χ4v) is 6.20. The van der Waals surface area contributed by atoms with E-state index in [1.54, 1.807) is 23.1 Å². The summed E-state index contributed by atoms with van der Waals surface area (Å²) in [5, 5.41) is 25.7. The van der Waals surface area contributed by atoms with E-state index in [1.165, 1.54) is 12.1 Å². The van der Waals surface area contributed by atoms with Crippen molar-refractivity contribution >= 4 is 46.4 Å². The normalized spacial score (nSPS) is 28.9. The average Bonchev–Trinajstić information content (AvgIpc) is 3.46. The molecular formula is C22H19Cl3FN3O4. The fourth-order valence-electron chi connectivity index (χ4n) is 5.52. The number of anilines is 1. The zero-order valence-corrected chi connectivity index (χ0v) is 19.4. The topological polar surface area (TPSA) is 95.7 Å². The summed E-state index contributed by atoms with van der Waals surface area (Å²) in [6, 6.07) is 4.73. The van der Waals surface area contributed by atoms with Gasteiger partial charge in [0.25, 0.3) is 5.91 Å². The van der Waals surface area contributed by atoms with Gasteiger partial charge in [0.15, 0.2) is 0 Å². The molecule has 5 rings (SSSR count). The molecule has 0 unspecified atom stereocenters. The second kappa shape index (κ2) is 8.06. The Morgan fingerprint density at radius 1 is 1.21 bits per heavy atom. The van der Waals surface area contributed by atoms with Crippen molar-refractivity contribution in [2.24, 2.45) is 5.92 Å². The van der Waals surface area contributed by atoms with Gasteiger partial charge in [-0.05, 0) is 43.0 Å². The van der Waals surface area contributed by atoms with E-state index >= 15 is 4.39 Å². The maximum Gasteiger partial charge on any atom is 0.250 e. The van der Waals surface area contributed by atoms with Gasteiger partial charge in [-0.3, -0.25) is 19.8 Å². The standard InChI is InChI=1S/C22H19Cl3FN3O4/c23-11-3-4-14-16(7-11)27-21(31)22(14)18(13-5-12(24)6-15(25)19(13)26)20(29(32)33)17(9-30)28(22)8-10-1-2-10/h3-7,10,17-18,20,30H,1-2,8-9H2,(H,27,31)/t17-,18-,20+,22+/m0/s1. The number of halogens is 4. The SMILES string of the molecule is O=C1Nc2cc(Cl)ccc2[C@@]12[C@@H](c1cc(Cl)cc(Cl)c1F)[C@H]([N+](=O)[O-])[C@H](CO)N2CC1CC1. The molecule has 33 heavy (non-hydrogen) atoms. The summed E-state index contributed by atoms with van der Waals surface area (Å²) in [6.07, 6.45) is 1.82. The van der Waals surface area contributed by atoms with Gasteiger partial charge in [-0.15, -0.1) is 0 Å². The van der Waals surface area contributed by atoms with Gasteiger partial charge in [-0.25, -0.2) is 4.39 Å². The maximum absolute atomic E-state index is 15.5. The first-order valence-electron chi connectivity index (χ1n) is 10.5. The van der Waals surface area contributed by atoms with Crippen molar-refractivity contribution in [3.8, 4) is 0 Å². The quantitative estimate of drug-likeness (QED) is 0.349. The highest BCUT2D eigenvalue weighted by Crippen LogP contribution is 2.59. The summed E-state index contributed by atoms with van der Waals surface area (Å²) < 4.78 is 15.5. The van der Waals surface area contributed by atoms with Crippen LogP contribution in [0.5, 0.6) is 0 Å². The number of nitrogens with zero attached hydrogens (tertiary/aromatic N) is 2. The van der Waals surface area contributed by atoms with Gasteiger partial charge in [0.1, 0.15) is 17.4 Å². The number of amides is 1. The van der Waals surface area contributed by atoms with Gasteiger partial charge >= 0.3 is 0 Å². The molecule has 2 N–H and O–H groups in total. The highest BCUT2D eigenvalue weighted by atomic mass is 35.5. The van der Waals surface area contributed by atoms with E-state index in [9.17, 15) is 20.0 Å². The Labute approximate surface area is 203 Å². The first-order valence-corrected chi connectivity index (χ1v) is 11.6. The highest BCUT2D eigenvalue weighted by Gasteiger charge is 2.71. The molecule has 0 bridgehead atoms. The molecule has 1 amide bonds. The first kappa shape index (κ1) is 22.8. The van der Waals surface area contributed by atoms with Crippen LogP contribution in [0.25, 0.3) is 0 Å². The van der Waals surface area contributed by atoms with Crippen LogP contribution in [-0.2, 0) is 10.3 Å². The van der Waals surface area contributed by atoms with Crippen LogP contribution in [0, 0.1) is 21.8 Å². The van der Waals surface area contributed by atoms with E-state index in [2.05, 4.69) is 5.32 Å². The van der Waals surface area contributed by atoms with Crippen LogP contribution >= 0.6 is 34.8 Å². The van der Waals surface area contributed by atoms with Gasteiger partial charge in [0.05, 0.1) is 17.5 Å². The Kier molecular flexibility index (Phi) is 5.57. The number of rotatable bonds is 5. The third kappa shape index (κ3) is 3.34. The van der Waals surface area contributed by atoms with Crippen LogP contribution in [0.1, 0.15) is 29.9 Å². The minimum atomic E-state index is -1.65. The van der Waals surface area contributed by atoms with Crippen LogP contribution < -0.4 is 5.32 Å². The van der Waals surface area contributed by atoms with E-state index < -0.39 is 46.8 Å². The second-order valence-electron chi connectivity index (χ2n) is 8.80. The van der Waals surface area contributed by atoms with Crippen LogP contribution in [0.4, 0.5) is 10.1 Å². The largest absolute Gasteiger partial charge is 0.394 e. The van der Waals surface area contributed by atoms with E-state index in [-0.39, 0.29) is 21.5 Å². The number of benzene rings is 2. The van der Waals surface area contributed by atoms with Crippen LogP contribution in [0.2, 0.25) is 15.1 Å². The molecular weight excluding hydrogens is 496 g/mol. The smallest absolute Gasteiger partial charge is 0.250 e. The monoisotopic (exact) mass is 513 g/mol. The number of hydrogen-bond donors (Lipinski definition) is 2. The molecule has 0 aromatic heterocycles.